The lowest BCUT2D eigenvalue weighted by Crippen LogP contribution is -2.25. The first kappa shape index (κ1) is 22.9. The van der Waals surface area contributed by atoms with Crippen molar-refractivity contribution in [1.29, 1.82) is 0 Å². The van der Waals surface area contributed by atoms with E-state index in [-0.39, 0.29) is 0 Å². The Balaban J connectivity index is 1.29. The summed E-state index contributed by atoms with van der Waals surface area (Å²) in [5.41, 5.74) is 4.39. The number of fused-ring (bicyclic) bond motifs is 1. The Hall–Kier alpha value is -3.88. The van der Waals surface area contributed by atoms with Crippen molar-refractivity contribution in [2.24, 2.45) is 5.41 Å². The van der Waals surface area contributed by atoms with Crippen LogP contribution in [0.5, 0.6) is 0 Å². The Kier molecular flexibility index (Phi) is 6.15. The Labute approximate surface area is 203 Å². The first-order valence-corrected chi connectivity index (χ1v) is 12.0. The summed E-state index contributed by atoms with van der Waals surface area (Å²) in [6.45, 7) is 4.65. The predicted octanol–water partition coefficient (Wildman–Crippen LogP) is 4.22. The average molecular weight is 472 g/mol. The number of pyridine rings is 1. The minimum Gasteiger partial charge on any atom is -0.481 e. The van der Waals surface area contributed by atoms with E-state index < -0.39 is 11.4 Å². The van der Waals surface area contributed by atoms with E-state index in [1.54, 1.807) is 20.0 Å². The van der Waals surface area contributed by atoms with Gasteiger partial charge in [-0.2, -0.15) is 4.80 Å². The molecule has 4 aromatic rings. The zero-order valence-electron chi connectivity index (χ0n) is 20.0. The van der Waals surface area contributed by atoms with Crippen molar-refractivity contribution in [2.75, 3.05) is 0 Å². The lowest BCUT2D eigenvalue weighted by Gasteiger charge is -2.25. The van der Waals surface area contributed by atoms with Gasteiger partial charge in [-0.05, 0) is 68.0 Å². The minimum absolute atomic E-state index is 0.374. The van der Waals surface area contributed by atoms with Gasteiger partial charge < -0.3 is 9.67 Å². The van der Waals surface area contributed by atoms with Gasteiger partial charge in [-0.25, -0.2) is 4.98 Å². The van der Waals surface area contributed by atoms with Gasteiger partial charge in [0, 0.05) is 30.4 Å². The van der Waals surface area contributed by atoms with Crippen molar-refractivity contribution in [3.8, 4) is 22.8 Å². The van der Waals surface area contributed by atoms with Crippen LogP contribution in [-0.4, -0.2) is 45.8 Å². The van der Waals surface area contributed by atoms with Crippen LogP contribution in [0.1, 0.15) is 50.2 Å². The zero-order valence-corrected chi connectivity index (χ0v) is 20.0. The van der Waals surface area contributed by atoms with Gasteiger partial charge in [0.15, 0.2) is 0 Å². The maximum atomic E-state index is 11.3. The first-order chi connectivity index (χ1) is 16.9. The molecule has 1 N–H and O–H groups in total. The molecule has 3 aromatic heterocycles. The Morgan fingerprint density at radius 3 is 2.89 bits per heavy atom. The third kappa shape index (κ3) is 4.99. The van der Waals surface area contributed by atoms with E-state index in [0.717, 1.165) is 29.9 Å². The molecule has 3 heterocycles. The number of aryl methyl sites for hydroxylation is 2. The molecule has 0 fully saturated rings. The zero-order chi connectivity index (χ0) is 24.4. The molecule has 0 saturated carbocycles. The van der Waals surface area contributed by atoms with Gasteiger partial charge in [0.1, 0.15) is 5.69 Å². The van der Waals surface area contributed by atoms with E-state index in [9.17, 15) is 9.90 Å². The van der Waals surface area contributed by atoms with Crippen LogP contribution in [0.2, 0.25) is 0 Å². The number of tetrazole rings is 1. The molecule has 35 heavy (non-hydrogen) atoms. The first-order valence-electron chi connectivity index (χ1n) is 12.0. The molecule has 1 aliphatic carbocycles. The van der Waals surface area contributed by atoms with Gasteiger partial charge in [-0.3, -0.25) is 9.78 Å². The van der Waals surface area contributed by atoms with Crippen LogP contribution in [0.4, 0.5) is 0 Å². The molecule has 9 heteroatoms. The highest BCUT2D eigenvalue weighted by Gasteiger charge is 2.27. The molecule has 0 aliphatic heterocycles. The summed E-state index contributed by atoms with van der Waals surface area (Å²) < 4.78 is 2.15. The van der Waals surface area contributed by atoms with Gasteiger partial charge >= 0.3 is 5.97 Å². The Morgan fingerprint density at radius 2 is 2.03 bits per heavy atom. The number of carbonyl (C=O) groups is 1. The maximum absolute atomic E-state index is 11.3. The van der Waals surface area contributed by atoms with Crippen molar-refractivity contribution in [3.05, 3.63) is 66.2 Å². The largest absolute Gasteiger partial charge is 0.481 e. The molecule has 0 amide bonds. The second-order valence-corrected chi connectivity index (χ2v) is 9.82. The van der Waals surface area contributed by atoms with Crippen LogP contribution in [0.3, 0.4) is 0 Å². The van der Waals surface area contributed by atoms with Crippen LogP contribution >= 0.6 is 0 Å². The SMILES string of the molecule is CC(C)(CCn1nnc(-c2ccnc(-c3cn(CC4CCCc5ccccc54)cn3)c2)n1)C(=O)O. The highest BCUT2D eigenvalue weighted by Crippen LogP contribution is 2.33. The second kappa shape index (κ2) is 9.40. The predicted molar refractivity (Wildman–Crippen MR) is 130 cm³/mol. The van der Waals surface area contributed by atoms with Gasteiger partial charge in [0.05, 0.1) is 24.0 Å². The fourth-order valence-corrected chi connectivity index (χ4v) is 4.54. The number of carboxylic acids is 1. The van der Waals surface area contributed by atoms with E-state index in [1.165, 1.54) is 28.8 Å². The number of aromatic nitrogens is 7. The highest BCUT2D eigenvalue weighted by atomic mass is 16.4. The van der Waals surface area contributed by atoms with Crippen molar-refractivity contribution in [3.63, 3.8) is 0 Å². The number of hydrogen-bond acceptors (Lipinski definition) is 6. The number of benzene rings is 1. The smallest absolute Gasteiger partial charge is 0.309 e. The fourth-order valence-electron chi connectivity index (χ4n) is 4.54. The van der Waals surface area contributed by atoms with Crippen LogP contribution in [0.15, 0.2) is 55.1 Å². The lowest BCUT2D eigenvalue weighted by molar-refractivity contribution is -0.147. The topological polar surface area (TPSA) is 112 Å². The molecule has 1 unspecified atom stereocenters. The summed E-state index contributed by atoms with van der Waals surface area (Å²) in [5, 5.41) is 22.0. The van der Waals surface area contributed by atoms with E-state index in [1.807, 2.05) is 24.7 Å². The van der Waals surface area contributed by atoms with Gasteiger partial charge in [0.25, 0.3) is 0 Å². The number of rotatable bonds is 8. The molecule has 0 radical (unpaired) electrons. The quantitative estimate of drug-likeness (QED) is 0.409. The van der Waals surface area contributed by atoms with Gasteiger partial charge in [-0.15, -0.1) is 10.2 Å². The van der Waals surface area contributed by atoms with E-state index in [2.05, 4.69) is 54.2 Å². The second-order valence-electron chi connectivity index (χ2n) is 9.82. The number of imidazole rings is 1. The molecule has 9 nitrogen and oxygen atoms in total. The third-order valence-corrected chi connectivity index (χ3v) is 6.81. The normalized spacial score (nSPS) is 15.7. The van der Waals surface area contributed by atoms with Crippen molar-refractivity contribution < 1.29 is 9.90 Å². The minimum atomic E-state index is -0.851. The average Bonchev–Trinajstić information content (AvgIpc) is 3.53. The third-order valence-electron chi connectivity index (χ3n) is 6.81. The molecule has 1 aromatic carbocycles. The molecule has 1 atom stereocenters. The summed E-state index contributed by atoms with van der Waals surface area (Å²) in [7, 11) is 0. The molecule has 5 rings (SSSR count). The maximum Gasteiger partial charge on any atom is 0.309 e. The lowest BCUT2D eigenvalue weighted by atomic mass is 9.83. The van der Waals surface area contributed by atoms with E-state index >= 15 is 0 Å². The van der Waals surface area contributed by atoms with Gasteiger partial charge in [-0.1, -0.05) is 24.3 Å². The fraction of sp³-hybridized carbons (Fsp3) is 0.385. The molecule has 0 spiro atoms. The van der Waals surface area contributed by atoms with Gasteiger partial charge in [0.2, 0.25) is 5.82 Å². The van der Waals surface area contributed by atoms with E-state index in [0.29, 0.717) is 24.7 Å². The molecular formula is C26H29N7O2. The number of carboxylic acid groups (broad SMARTS) is 1. The monoisotopic (exact) mass is 471 g/mol. The summed E-state index contributed by atoms with van der Waals surface area (Å²) in [6.07, 6.45) is 9.60. The van der Waals surface area contributed by atoms with Crippen LogP contribution in [0, 0.1) is 5.41 Å². The van der Waals surface area contributed by atoms with Crippen LogP contribution in [-0.2, 0) is 24.3 Å². The molecule has 0 bridgehead atoms. The molecule has 0 saturated heterocycles. The van der Waals surface area contributed by atoms with Crippen molar-refractivity contribution >= 4 is 5.97 Å². The molecule has 180 valence electrons. The summed E-state index contributed by atoms with van der Waals surface area (Å²) >= 11 is 0. The Morgan fingerprint density at radius 1 is 1.17 bits per heavy atom. The number of aliphatic carboxylic acids is 1. The Bertz CT molecular complexity index is 1340. The van der Waals surface area contributed by atoms with Crippen LogP contribution in [0.25, 0.3) is 22.8 Å². The highest BCUT2D eigenvalue weighted by molar-refractivity contribution is 5.73. The molecule has 1 aliphatic rings. The van der Waals surface area contributed by atoms with E-state index in [4.69, 9.17) is 0 Å². The molecular weight excluding hydrogens is 442 g/mol. The van der Waals surface area contributed by atoms with Crippen molar-refractivity contribution in [2.45, 2.75) is 58.5 Å². The van der Waals surface area contributed by atoms with Crippen molar-refractivity contribution in [1.82, 2.24) is 34.7 Å². The van der Waals surface area contributed by atoms with Crippen LogP contribution < -0.4 is 0 Å². The standard InChI is InChI=1S/C26H29N7O2/c1-26(2,25(34)35)11-13-33-30-24(29-31-33)19-10-12-27-22(14-19)23-16-32(17-28-23)15-20-8-5-7-18-6-3-4-9-21(18)20/h3-4,6,9-10,12,14,16-17,20H,5,7-8,11,13,15H2,1-2H3,(H,34,35). The summed E-state index contributed by atoms with van der Waals surface area (Å²) in [5.74, 6) is 0.121. The summed E-state index contributed by atoms with van der Waals surface area (Å²) in [6, 6.07) is 12.5. The number of nitrogens with zero attached hydrogens (tertiary/aromatic N) is 7. The summed E-state index contributed by atoms with van der Waals surface area (Å²) in [4.78, 5) is 21.9. The number of hydrogen-bond donors (Lipinski definition) is 1.